The Labute approximate surface area is 200 Å². The molecule has 10 heteroatoms. The molecule has 4 aromatic rings. The minimum atomic E-state index is -0.147. The van der Waals surface area contributed by atoms with Crippen LogP contribution in [0.15, 0.2) is 53.2 Å². The average Bonchev–Trinajstić information content (AvgIpc) is 3.49. The van der Waals surface area contributed by atoms with Crippen molar-refractivity contribution in [1.29, 1.82) is 0 Å². The first-order valence-electron chi connectivity index (χ1n) is 11.3. The molecule has 2 unspecified atom stereocenters. The average molecular weight is 479 g/mol. The van der Waals surface area contributed by atoms with Crippen LogP contribution in [0.2, 0.25) is 5.02 Å². The maximum absolute atomic E-state index is 14.0. The van der Waals surface area contributed by atoms with Crippen molar-refractivity contribution in [2.45, 2.75) is 25.4 Å². The van der Waals surface area contributed by atoms with E-state index in [0.717, 1.165) is 17.5 Å². The van der Waals surface area contributed by atoms with Gasteiger partial charge in [0, 0.05) is 18.1 Å². The van der Waals surface area contributed by atoms with Gasteiger partial charge in [-0.25, -0.2) is 0 Å². The van der Waals surface area contributed by atoms with Gasteiger partial charge >= 0.3 is 0 Å². The molecule has 0 aliphatic carbocycles. The van der Waals surface area contributed by atoms with Crippen LogP contribution in [-0.2, 0) is 4.74 Å². The molecule has 0 spiro atoms. The van der Waals surface area contributed by atoms with Crippen LogP contribution in [0.5, 0.6) is 0 Å². The van der Waals surface area contributed by atoms with Gasteiger partial charge in [-0.2, -0.15) is 20.0 Å². The molecule has 4 heterocycles. The lowest BCUT2D eigenvalue weighted by Crippen LogP contribution is -2.56. The third kappa shape index (κ3) is 3.70. The highest BCUT2D eigenvalue weighted by molar-refractivity contribution is 6.31. The summed E-state index contributed by atoms with van der Waals surface area (Å²) in [6.07, 6.45) is 3.95. The van der Waals surface area contributed by atoms with Crippen molar-refractivity contribution in [2.24, 2.45) is 0 Å². The van der Waals surface area contributed by atoms with Gasteiger partial charge in [0.1, 0.15) is 5.52 Å². The Hall–Kier alpha value is -3.43. The predicted octanol–water partition coefficient (Wildman–Crippen LogP) is 3.49. The normalized spacial score (nSPS) is 20.5. The number of carbonyl (C=O) groups is 1. The summed E-state index contributed by atoms with van der Waals surface area (Å²) in [5.74, 6) is -0.0412. The van der Waals surface area contributed by atoms with Crippen molar-refractivity contribution >= 4 is 34.6 Å². The summed E-state index contributed by atoms with van der Waals surface area (Å²) in [5, 5.41) is 9.11. The number of morpholine rings is 1. The number of anilines is 1. The van der Waals surface area contributed by atoms with Crippen molar-refractivity contribution in [3.63, 3.8) is 0 Å². The second kappa shape index (κ2) is 8.41. The largest absolute Gasteiger partial charge is 0.423 e. The molecule has 2 atom stereocenters. The van der Waals surface area contributed by atoms with Gasteiger partial charge in [-0.3, -0.25) is 4.79 Å². The Morgan fingerprint density at radius 1 is 1.09 bits per heavy atom. The molecular weight excluding hydrogens is 456 g/mol. The second-order valence-electron chi connectivity index (χ2n) is 8.74. The van der Waals surface area contributed by atoms with E-state index in [1.807, 2.05) is 36.1 Å². The number of hydrogen-bond donors (Lipinski definition) is 0. The van der Waals surface area contributed by atoms with Gasteiger partial charge in [0.2, 0.25) is 0 Å². The van der Waals surface area contributed by atoms with Crippen LogP contribution in [0.25, 0.3) is 16.8 Å². The first kappa shape index (κ1) is 21.1. The van der Waals surface area contributed by atoms with Crippen LogP contribution in [0, 0.1) is 6.92 Å². The summed E-state index contributed by atoms with van der Waals surface area (Å²) in [4.78, 5) is 24.2. The highest BCUT2D eigenvalue weighted by Crippen LogP contribution is 2.30. The van der Waals surface area contributed by atoms with Crippen LogP contribution >= 0.6 is 11.6 Å². The number of oxazole rings is 1. The second-order valence-corrected chi connectivity index (χ2v) is 9.18. The third-order valence-electron chi connectivity index (χ3n) is 6.43. The molecule has 2 aromatic carbocycles. The molecule has 34 heavy (non-hydrogen) atoms. The smallest absolute Gasteiger partial charge is 0.298 e. The maximum Gasteiger partial charge on any atom is 0.298 e. The molecule has 2 aliphatic heterocycles. The fraction of sp³-hybridized carbons (Fsp3) is 0.333. The van der Waals surface area contributed by atoms with E-state index < -0.39 is 0 Å². The van der Waals surface area contributed by atoms with Gasteiger partial charge in [-0.15, -0.1) is 0 Å². The number of rotatable bonds is 3. The number of halogens is 1. The summed E-state index contributed by atoms with van der Waals surface area (Å²) >= 11 is 6.12. The van der Waals surface area contributed by atoms with E-state index in [9.17, 15) is 4.79 Å². The van der Waals surface area contributed by atoms with Gasteiger partial charge < -0.3 is 19.0 Å². The molecule has 2 aliphatic rings. The number of carbonyl (C=O) groups excluding carboxylic acids is 1. The van der Waals surface area contributed by atoms with E-state index in [1.54, 1.807) is 24.5 Å². The molecule has 2 aromatic heterocycles. The van der Waals surface area contributed by atoms with Crippen LogP contribution in [0.3, 0.4) is 0 Å². The summed E-state index contributed by atoms with van der Waals surface area (Å²) in [6, 6.07) is 11.5. The number of fused-ring (bicyclic) bond motifs is 3. The molecule has 2 bridgehead atoms. The minimum absolute atomic E-state index is 0.0412. The van der Waals surface area contributed by atoms with Crippen LogP contribution in [-0.4, -0.2) is 69.2 Å². The summed E-state index contributed by atoms with van der Waals surface area (Å²) < 4.78 is 11.9. The topological polar surface area (TPSA) is 89.5 Å². The standard InChI is InChI=1S/C24H23ClN6O3/c1-15-2-4-21(31-26-7-8-27-31)19(10-15)23(32)30-17-6-9-29(12-18(30)14-33-13-17)24-28-20-11-16(25)3-5-22(20)34-24/h2-5,7-8,10-11,17-18H,6,9,12-14H2,1H3. The van der Waals surface area contributed by atoms with E-state index in [1.165, 1.54) is 4.80 Å². The lowest BCUT2D eigenvalue weighted by atomic mass is 10.0. The van der Waals surface area contributed by atoms with Gasteiger partial charge in [0.05, 0.1) is 48.9 Å². The molecule has 0 radical (unpaired) electrons. The number of nitrogens with zero attached hydrogens (tertiary/aromatic N) is 6. The Bertz CT molecular complexity index is 1350. The Morgan fingerprint density at radius 3 is 2.76 bits per heavy atom. The summed E-state index contributed by atoms with van der Waals surface area (Å²) in [5.41, 5.74) is 3.65. The molecule has 2 fully saturated rings. The van der Waals surface area contributed by atoms with Crippen molar-refractivity contribution in [3.05, 3.63) is 64.9 Å². The number of ether oxygens (including phenoxy) is 1. The van der Waals surface area contributed by atoms with Crippen LogP contribution < -0.4 is 4.90 Å². The number of benzene rings is 2. The van der Waals surface area contributed by atoms with Crippen molar-refractivity contribution in [3.8, 4) is 5.69 Å². The monoisotopic (exact) mass is 478 g/mol. The first-order valence-corrected chi connectivity index (χ1v) is 11.6. The lowest BCUT2D eigenvalue weighted by molar-refractivity contribution is -0.0294. The molecular formula is C24H23ClN6O3. The SMILES string of the molecule is Cc1ccc(-n2nccn2)c(C(=O)N2C3CCN(c4nc5cc(Cl)ccc5o4)CC2COC3)c1. The number of hydrogen-bond acceptors (Lipinski definition) is 7. The molecule has 2 saturated heterocycles. The first-order chi connectivity index (χ1) is 16.6. The highest BCUT2D eigenvalue weighted by atomic mass is 35.5. The maximum atomic E-state index is 14.0. The summed E-state index contributed by atoms with van der Waals surface area (Å²) in [6.45, 7) is 4.19. The fourth-order valence-corrected chi connectivity index (χ4v) is 4.98. The fourth-order valence-electron chi connectivity index (χ4n) is 4.82. The summed E-state index contributed by atoms with van der Waals surface area (Å²) in [7, 11) is 0. The lowest BCUT2D eigenvalue weighted by Gasteiger charge is -2.40. The predicted molar refractivity (Wildman–Crippen MR) is 127 cm³/mol. The minimum Gasteiger partial charge on any atom is -0.423 e. The van der Waals surface area contributed by atoms with Gasteiger partial charge in [-0.1, -0.05) is 23.2 Å². The molecule has 0 saturated carbocycles. The zero-order valence-electron chi connectivity index (χ0n) is 18.6. The van der Waals surface area contributed by atoms with E-state index in [0.29, 0.717) is 54.2 Å². The number of amides is 1. The van der Waals surface area contributed by atoms with E-state index in [4.69, 9.17) is 20.8 Å². The van der Waals surface area contributed by atoms with E-state index in [2.05, 4.69) is 20.1 Å². The zero-order chi connectivity index (χ0) is 23.2. The molecule has 6 rings (SSSR count). The molecule has 1 amide bonds. The zero-order valence-corrected chi connectivity index (χ0v) is 19.4. The molecule has 0 N–H and O–H groups in total. The quantitative estimate of drug-likeness (QED) is 0.445. The van der Waals surface area contributed by atoms with Gasteiger partial charge in [0.15, 0.2) is 5.58 Å². The van der Waals surface area contributed by atoms with Crippen molar-refractivity contribution in [2.75, 3.05) is 31.2 Å². The Kier molecular flexibility index (Phi) is 5.23. The van der Waals surface area contributed by atoms with Crippen molar-refractivity contribution in [1.82, 2.24) is 24.9 Å². The van der Waals surface area contributed by atoms with E-state index in [-0.39, 0.29) is 18.0 Å². The van der Waals surface area contributed by atoms with Crippen LogP contribution in [0.1, 0.15) is 22.3 Å². The third-order valence-corrected chi connectivity index (χ3v) is 6.67. The van der Waals surface area contributed by atoms with E-state index >= 15 is 0 Å². The number of aromatic nitrogens is 4. The van der Waals surface area contributed by atoms with Crippen molar-refractivity contribution < 1.29 is 13.9 Å². The Morgan fingerprint density at radius 2 is 1.91 bits per heavy atom. The number of aryl methyl sites for hydroxylation is 1. The molecule has 174 valence electrons. The molecule has 9 nitrogen and oxygen atoms in total. The van der Waals surface area contributed by atoms with Gasteiger partial charge in [-0.05, 0) is 43.7 Å². The van der Waals surface area contributed by atoms with Crippen LogP contribution in [0.4, 0.5) is 6.01 Å². The Balaban J connectivity index is 1.34. The highest BCUT2D eigenvalue weighted by Gasteiger charge is 2.40. The van der Waals surface area contributed by atoms with Gasteiger partial charge in [0.25, 0.3) is 11.9 Å².